The zero-order chi connectivity index (χ0) is 18.4. The van der Waals surface area contributed by atoms with Gasteiger partial charge in [-0.25, -0.2) is 0 Å². The topological polar surface area (TPSA) is 90.7 Å². The lowest BCUT2D eigenvalue weighted by Gasteiger charge is -2.13. The first-order chi connectivity index (χ1) is 11.9. The van der Waals surface area contributed by atoms with Crippen LogP contribution in [0.3, 0.4) is 0 Å². The number of carbonyl (C=O) groups is 1. The summed E-state index contributed by atoms with van der Waals surface area (Å²) in [6, 6.07) is 10.2. The molecule has 0 saturated carbocycles. The molecule has 0 unspecified atom stereocenters. The van der Waals surface area contributed by atoms with Crippen LogP contribution >= 0.6 is 0 Å². The molecule has 0 heterocycles. The average Bonchev–Trinajstić information content (AvgIpc) is 2.55. The summed E-state index contributed by atoms with van der Waals surface area (Å²) in [6.45, 7) is 5.45. The second-order valence-electron chi connectivity index (χ2n) is 5.45. The molecule has 0 aliphatic carbocycles. The lowest BCUT2D eigenvalue weighted by Crippen LogP contribution is -2.21. The van der Waals surface area contributed by atoms with Crippen molar-refractivity contribution in [1.82, 2.24) is 0 Å². The Kier molecular flexibility index (Phi) is 5.94. The highest BCUT2D eigenvalue weighted by molar-refractivity contribution is 5.93. The molecule has 0 aliphatic heterocycles. The fourth-order valence-corrected chi connectivity index (χ4v) is 2.43. The maximum absolute atomic E-state index is 12.1. The van der Waals surface area contributed by atoms with Crippen molar-refractivity contribution in [3.05, 3.63) is 57.6 Å². The number of amides is 1. The van der Waals surface area contributed by atoms with Crippen LogP contribution in [0.2, 0.25) is 0 Å². The highest BCUT2D eigenvalue weighted by Crippen LogP contribution is 2.32. The lowest BCUT2D eigenvalue weighted by molar-refractivity contribution is -0.385. The molecule has 0 radical (unpaired) electrons. The number of para-hydroxylation sites is 2. The van der Waals surface area contributed by atoms with Gasteiger partial charge >= 0.3 is 5.69 Å². The highest BCUT2D eigenvalue weighted by atomic mass is 16.6. The number of hydrogen-bond acceptors (Lipinski definition) is 5. The fourth-order valence-electron chi connectivity index (χ4n) is 2.43. The Balaban J connectivity index is 2.10. The van der Waals surface area contributed by atoms with E-state index in [1.165, 1.54) is 6.07 Å². The Morgan fingerprint density at radius 3 is 2.60 bits per heavy atom. The number of anilines is 1. The van der Waals surface area contributed by atoms with Gasteiger partial charge in [-0.3, -0.25) is 14.9 Å². The van der Waals surface area contributed by atoms with Crippen molar-refractivity contribution in [2.45, 2.75) is 20.8 Å². The molecule has 0 aliphatic rings. The Morgan fingerprint density at radius 2 is 1.92 bits per heavy atom. The lowest BCUT2D eigenvalue weighted by atomic mass is 10.1. The van der Waals surface area contributed by atoms with E-state index < -0.39 is 10.8 Å². The summed E-state index contributed by atoms with van der Waals surface area (Å²) in [5.41, 5.74) is 1.73. The van der Waals surface area contributed by atoms with Crippen LogP contribution in [0.5, 0.6) is 11.5 Å². The molecule has 7 heteroatoms. The zero-order valence-electron chi connectivity index (χ0n) is 14.4. The van der Waals surface area contributed by atoms with Crippen LogP contribution in [0, 0.1) is 24.0 Å². The molecule has 0 aromatic heterocycles. The molecule has 2 aromatic carbocycles. The summed E-state index contributed by atoms with van der Waals surface area (Å²) in [5.74, 6) is 0.223. The van der Waals surface area contributed by atoms with E-state index in [4.69, 9.17) is 9.47 Å². The molecule has 0 atom stereocenters. The number of carbonyl (C=O) groups excluding carboxylic acids is 1. The van der Waals surface area contributed by atoms with Crippen molar-refractivity contribution >= 4 is 17.3 Å². The number of nitro benzene ring substituents is 1. The summed E-state index contributed by atoms with van der Waals surface area (Å²) in [4.78, 5) is 22.8. The number of aryl methyl sites for hydroxylation is 2. The van der Waals surface area contributed by atoms with E-state index in [2.05, 4.69) is 5.32 Å². The largest absolute Gasteiger partial charge is 0.492 e. The summed E-state index contributed by atoms with van der Waals surface area (Å²) in [6.07, 6.45) is 0. The summed E-state index contributed by atoms with van der Waals surface area (Å²) < 4.78 is 10.9. The van der Waals surface area contributed by atoms with Crippen molar-refractivity contribution in [1.29, 1.82) is 0 Å². The van der Waals surface area contributed by atoms with Gasteiger partial charge in [0, 0.05) is 6.07 Å². The predicted molar refractivity (Wildman–Crippen MR) is 94.3 cm³/mol. The third-order valence-corrected chi connectivity index (χ3v) is 3.40. The van der Waals surface area contributed by atoms with Gasteiger partial charge in [0.25, 0.3) is 5.91 Å². The second-order valence-corrected chi connectivity index (χ2v) is 5.45. The van der Waals surface area contributed by atoms with Crippen LogP contribution in [0.15, 0.2) is 36.4 Å². The summed E-state index contributed by atoms with van der Waals surface area (Å²) in [5, 5.41) is 13.9. The van der Waals surface area contributed by atoms with Crippen molar-refractivity contribution in [3.63, 3.8) is 0 Å². The Labute approximate surface area is 145 Å². The zero-order valence-corrected chi connectivity index (χ0v) is 14.4. The van der Waals surface area contributed by atoms with Crippen molar-refractivity contribution in [2.24, 2.45) is 0 Å². The number of nitrogens with one attached hydrogen (secondary N) is 1. The molecule has 1 amide bonds. The van der Waals surface area contributed by atoms with Gasteiger partial charge in [0.15, 0.2) is 6.61 Å². The molecule has 1 N–H and O–H groups in total. The number of ether oxygens (including phenoxy) is 2. The van der Waals surface area contributed by atoms with Crippen molar-refractivity contribution in [3.8, 4) is 11.5 Å². The minimum Gasteiger partial charge on any atom is -0.492 e. The van der Waals surface area contributed by atoms with Crippen LogP contribution in [0.4, 0.5) is 11.4 Å². The number of nitro groups is 1. The van der Waals surface area contributed by atoms with Crippen LogP contribution < -0.4 is 14.8 Å². The fraction of sp³-hybridized carbons (Fsp3) is 0.278. The quantitative estimate of drug-likeness (QED) is 0.612. The average molecular weight is 344 g/mol. The van der Waals surface area contributed by atoms with Crippen LogP contribution in [0.1, 0.15) is 18.1 Å². The van der Waals surface area contributed by atoms with E-state index in [1.54, 1.807) is 44.2 Å². The van der Waals surface area contributed by atoms with Crippen LogP contribution in [0.25, 0.3) is 0 Å². The minimum absolute atomic E-state index is 0.101. The molecule has 2 rings (SSSR count). The van der Waals surface area contributed by atoms with Gasteiger partial charge in [-0.2, -0.15) is 0 Å². The number of hydrogen-bond donors (Lipinski definition) is 1. The van der Waals surface area contributed by atoms with Crippen LogP contribution in [-0.2, 0) is 4.79 Å². The third-order valence-electron chi connectivity index (χ3n) is 3.40. The number of rotatable bonds is 7. The maximum Gasteiger partial charge on any atom is 0.311 e. The minimum atomic E-state index is -0.516. The first kappa shape index (κ1) is 18.3. The predicted octanol–water partition coefficient (Wildman–Crippen LogP) is 3.63. The molecule has 7 nitrogen and oxygen atoms in total. The molecule has 2 aromatic rings. The molecule has 132 valence electrons. The van der Waals surface area contributed by atoms with E-state index in [1.807, 2.05) is 6.92 Å². The van der Waals surface area contributed by atoms with E-state index >= 15 is 0 Å². The number of nitrogens with zero attached hydrogens (tertiary/aromatic N) is 1. The van der Waals surface area contributed by atoms with E-state index in [0.717, 1.165) is 5.56 Å². The number of benzene rings is 2. The van der Waals surface area contributed by atoms with Gasteiger partial charge in [0.2, 0.25) is 5.75 Å². The van der Waals surface area contributed by atoms with Gasteiger partial charge in [-0.05, 0) is 44.0 Å². The maximum atomic E-state index is 12.1. The van der Waals surface area contributed by atoms with Gasteiger partial charge < -0.3 is 14.8 Å². The molecule has 0 fully saturated rings. The first-order valence-electron chi connectivity index (χ1n) is 7.82. The Bertz CT molecular complexity index is 789. The van der Waals surface area contributed by atoms with Gasteiger partial charge in [-0.15, -0.1) is 0 Å². The molecular weight excluding hydrogens is 324 g/mol. The van der Waals surface area contributed by atoms with E-state index in [-0.39, 0.29) is 18.0 Å². The Morgan fingerprint density at radius 1 is 1.20 bits per heavy atom. The van der Waals surface area contributed by atoms with Gasteiger partial charge in [0.05, 0.1) is 17.2 Å². The monoisotopic (exact) mass is 344 g/mol. The first-order valence-corrected chi connectivity index (χ1v) is 7.82. The normalized spacial score (nSPS) is 10.2. The van der Waals surface area contributed by atoms with Gasteiger partial charge in [0.1, 0.15) is 5.75 Å². The van der Waals surface area contributed by atoms with Crippen molar-refractivity contribution in [2.75, 3.05) is 18.5 Å². The molecule has 0 bridgehead atoms. The summed E-state index contributed by atoms with van der Waals surface area (Å²) in [7, 11) is 0. The van der Waals surface area contributed by atoms with Gasteiger partial charge in [-0.1, -0.05) is 18.2 Å². The van der Waals surface area contributed by atoms with Crippen LogP contribution in [-0.4, -0.2) is 24.0 Å². The van der Waals surface area contributed by atoms with E-state index in [0.29, 0.717) is 23.6 Å². The second kappa shape index (κ2) is 8.14. The molecule has 25 heavy (non-hydrogen) atoms. The highest BCUT2D eigenvalue weighted by Gasteiger charge is 2.19. The summed E-state index contributed by atoms with van der Waals surface area (Å²) >= 11 is 0. The molecular formula is C18H20N2O5. The van der Waals surface area contributed by atoms with E-state index in [9.17, 15) is 14.9 Å². The SMILES string of the molecule is CCOc1ccccc1NC(=O)COc1c(C)cc(C)cc1[N+](=O)[O-]. The standard InChI is InChI=1S/C18H20N2O5/c1-4-24-16-8-6-5-7-14(16)19-17(21)11-25-18-13(3)9-12(2)10-15(18)20(22)23/h5-10H,4,11H2,1-3H3,(H,19,21). The van der Waals surface area contributed by atoms with Crippen molar-refractivity contribution < 1.29 is 19.2 Å². The molecule has 0 spiro atoms. The Hall–Kier alpha value is -3.09. The molecule has 0 saturated heterocycles. The smallest absolute Gasteiger partial charge is 0.311 e. The third kappa shape index (κ3) is 4.69.